The second kappa shape index (κ2) is 10.2. The van der Waals surface area contributed by atoms with E-state index in [0.29, 0.717) is 12.8 Å². The van der Waals surface area contributed by atoms with Crippen molar-refractivity contribution in [3.05, 3.63) is 102 Å². The lowest BCUT2D eigenvalue weighted by Gasteiger charge is -2.44. The van der Waals surface area contributed by atoms with Crippen LogP contribution in [0.5, 0.6) is 0 Å². The molecular formula is C33H39N3O3. The summed E-state index contributed by atoms with van der Waals surface area (Å²) in [6, 6.07) is 25.9. The van der Waals surface area contributed by atoms with Crippen molar-refractivity contribution in [2.24, 2.45) is 5.41 Å². The van der Waals surface area contributed by atoms with Gasteiger partial charge in [-0.1, -0.05) is 99.6 Å². The topological polar surface area (TPSA) is 72.9 Å². The lowest BCUT2D eigenvalue weighted by Crippen LogP contribution is -2.52. The second-order valence-electron chi connectivity index (χ2n) is 12.4. The lowest BCUT2D eigenvalue weighted by molar-refractivity contribution is -0.136. The summed E-state index contributed by atoms with van der Waals surface area (Å²) >= 11 is 0. The number of hydrogen-bond acceptors (Lipinski definition) is 4. The van der Waals surface area contributed by atoms with E-state index in [1.54, 1.807) is 19.0 Å². The van der Waals surface area contributed by atoms with Crippen molar-refractivity contribution in [2.45, 2.75) is 63.3 Å². The summed E-state index contributed by atoms with van der Waals surface area (Å²) in [4.78, 5) is 31.9. The van der Waals surface area contributed by atoms with E-state index in [4.69, 9.17) is 0 Å². The molecule has 1 fully saturated rings. The molecule has 0 saturated carbocycles. The number of aliphatic hydroxyl groups excluding tert-OH is 1. The molecule has 5 rings (SSSR count). The van der Waals surface area contributed by atoms with Gasteiger partial charge in [-0.2, -0.15) is 0 Å². The molecule has 0 aliphatic carbocycles. The summed E-state index contributed by atoms with van der Waals surface area (Å²) in [7, 11) is 3.52. The SMILES string of the molecule is CN(C)C(=O)C1CC2(C(=O)Nc3ccccc32)C(CC(C)(C)C)N1C(c1ccccc1)C(O)c1ccccc1. The van der Waals surface area contributed by atoms with Crippen LogP contribution in [0.4, 0.5) is 5.69 Å². The summed E-state index contributed by atoms with van der Waals surface area (Å²) in [5, 5.41) is 15.2. The van der Waals surface area contributed by atoms with Crippen LogP contribution in [0.2, 0.25) is 0 Å². The molecule has 6 nitrogen and oxygen atoms in total. The Morgan fingerprint density at radius 3 is 2.13 bits per heavy atom. The van der Waals surface area contributed by atoms with Crippen molar-refractivity contribution < 1.29 is 14.7 Å². The highest BCUT2D eigenvalue weighted by atomic mass is 16.3. The Labute approximate surface area is 231 Å². The quantitative estimate of drug-likeness (QED) is 0.457. The third-order valence-electron chi connectivity index (χ3n) is 8.30. The fourth-order valence-corrected chi connectivity index (χ4v) is 6.65. The van der Waals surface area contributed by atoms with Gasteiger partial charge in [-0.3, -0.25) is 14.5 Å². The van der Waals surface area contributed by atoms with Gasteiger partial charge >= 0.3 is 0 Å². The minimum absolute atomic E-state index is 0.0656. The minimum atomic E-state index is -0.927. The number of hydrogen-bond donors (Lipinski definition) is 2. The zero-order chi connectivity index (χ0) is 27.9. The molecule has 2 N–H and O–H groups in total. The molecule has 5 atom stereocenters. The fraction of sp³-hybridized carbons (Fsp3) is 0.394. The standard InChI is InChI=1S/C33H39N3O3/c1-32(2,3)21-27-33(24-18-12-13-19-25(24)34-31(33)39)20-26(30(38)35(4)5)36(27)28(22-14-8-6-9-15-22)29(37)23-16-10-7-11-17-23/h6-19,26-29,37H,20-21H2,1-5H3,(H,34,39). The van der Waals surface area contributed by atoms with Crippen LogP contribution < -0.4 is 5.32 Å². The Bertz CT molecular complexity index is 1340. The van der Waals surface area contributed by atoms with E-state index >= 15 is 0 Å². The normalized spacial score (nSPS) is 24.3. The molecule has 1 saturated heterocycles. The van der Waals surface area contributed by atoms with Gasteiger partial charge in [0, 0.05) is 25.8 Å². The van der Waals surface area contributed by atoms with E-state index in [2.05, 4.69) is 31.0 Å². The van der Waals surface area contributed by atoms with Gasteiger partial charge in [-0.15, -0.1) is 0 Å². The highest BCUT2D eigenvalue weighted by molar-refractivity contribution is 6.08. The minimum Gasteiger partial charge on any atom is -0.386 e. The van der Waals surface area contributed by atoms with Gasteiger partial charge in [0.15, 0.2) is 0 Å². The van der Waals surface area contributed by atoms with Crippen LogP contribution in [0, 0.1) is 5.41 Å². The summed E-state index contributed by atoms with van der Waals surface area (Å²) < 4.78 is 0. The Morgan fingerprint density at radius 1 is 0.974 bits per heavy atom. The highest BCUT2D eigenvalue weighted by Crippen LogP contribution is 2.56. The Morgan fingerprint density at radius 2 is 1.54 bits per heavy atom. The van der Waals surface area contributed by atoms with E-state index < -0.39 is 23.6 Å². The van der Waals surface area contributed by atoms with Crippen molar-refractivity contribution in [1.82, 2.24) is 9.80 Å². The number of nitrogens with one attached hydrogen (secondary N) is 1. The first-order valence-electron chi connectivity index (χ1n) is 13.7. The predicted molar refractivity (Wildman–Crippen MR) is 154 cm³/mol. The van der Waals surface area contributed by atoms with E-state index in [0.717, 1.165) is 22.4 Å². The molecule has 0 aromatic heterocycles. The molecule has 0 radical (unpaired) electrons. The number of anilines is 1. The first-order valence-corrected chi connectivity index (χ1v) is 13.7. The smallest absolute Gasteiger partial charge is 0.239 e. The van der Waals surface area contributed by atoms with Gasteiger partial charge in [0.2, 0.25) is 11.8 Å². The predicted octanol–water partition coefficient (Wildman–Crippen LogP) is 5.32. The molecule has 3 aromatic carbocycles. The second-order valence-corrected chi connectivity index (χ2v) is 12.4. The van der Waals surface area contributed by atoms with Gasteiger partial charge < -0.3 is 15.3 Å². The first kappa shape index (κ1) is 27.1. The maximum atomic E-state index is 14.1. The zero-order valence-corrected chi connectivity index (χ0v) is 23.5. The van der Waals surface area contributed by atoms with Crippen molar-refractivity contribution in [2.75, 3.05) is 19.4 Å². The number of likely N-dealkylation sites (tertiary alicyclic amines) is 1. The van der Waals surface area contributed by atoms with E-state index in [1.807, 2.05) is 84.9 Å². The molecule has 1 spiro atoms. The Kier molecular flexibility index (Phi) is 7.12. The van der Waals surface area contributed by atoms with Crippen molar-refractivity contribution in [3.8, 4) is 0 Å². The third-order valence-corrected chi connectivity index (χ3v) is 8.30. The van der Waals surface area contributed by atoms with Crippen molar-refractivity contribution in [3.63, 3.8) is 0 Å². The molecule has 3 aromatic rings. The van der Waals surface area contributed by atoms with Crippen molar-refractivity contribution in [1.29, 1.82) is 0 Å². The van der Waals surface area contributed by atoms with Gasteiger partial charge in [0.1, 0.15) is 0 Å². The molecule has 2 heterocycles. The number of nitrogens with zero attached hydrogens (tertiary/aromatic N) is 2. The maximum absolute atomic E-state index is 14.1. The molecule has 39 heavy (non-hydrogen) atoms. The summed E-state index contributed by atoms with van der Waals surface area (Å²) in [6.45, 7) is 6.51. The fourth-order valence-electron chi connectivity index (χ4n) is 6.65. The summed E-state index contributed by atoms with van der Waals surface area (Å²) in [5.41, 5.74) is 2.34. The Hall–Kier alpha value is -3.48. The van der Waals surface area contributed by atoms with Crippen LogP contribution in [-0.2, 0) is 15.0 Å². The van der Waals surface area contributed by atoms with Crippen molar-refractivity contribution >= 4 is 17.5 Å². The number of fused-ring (bicyclic) bond motifs is 2. The largest absolute Gasteiger partial charge is 0.386 e. The van der Waals surface area contributed by atoms with Crippen LogP contribution in [-0.4, -0.2) is 52.9 Å². The molecule has 2 aliphatic heterocycles. The van der Waals surface area contributed by atoms with Gasteiger partial charge in [-0.05, 0) is 41.0 Å². The lowest BCUT2D eigenvalue weighted by atomic mass is 9.69. The van der Waals surface area contributed by atoms with Crippen LogP contribution in [0.25, 0.3) is 0 Å². The number of benzene rings is 3. The molecule has 2 amide bonds. The van der Waals surface area contributed by atoms with Gasteiger partial charge in [0.05, 0.1) is 23.6 Å². The third kappa shape index (κ3) is 4.77. The van der Waals surface area contributed by atoms with Gasteiger partial charge in [-0.25, -0.2) is 0 Å². The maximum Gasteiger partial charge on any atom is 0.239 e. The Balaban J connectivity index is 1.77. The number of para-hydroxylation sites is 1. The van der Waals surface area contributed by atoms with E-state index in [9.17, 15) is 14.7 Å². The number of carbonyl (C=O) groups excluding carboxylic acids is 2. The zero-order valence-electron chi connectivity index (χ0n) is 23.5. The molecule has 5 unspecified atom stereocenters. The first-order chi connectivity index (χ1) is 18.5. The molecule has 2 aliphatic rings. The summed E-state index contributed by atoms with van der Waals surface area (Å²) in [6.07, 6.45) is 0.0957. The van der Waals surface area contributed by atoms with Crippen LogP contribution in [0.3, 0.4) is 0 Å². The van der Waals surface area contributed by atoms with Crippen LogP contribution >= 0.6 is 0 Å². The van der Waals surface area contributed by atoms with Crippen LogP contribution in [0.15, 0.2) is 84.9 Å². The number of amides is 2. The molecule has 6 heteroatoms. The monoisotopic (exact) mass is 525 g/mol. The number of aliphatic hydroxyl groups is 1. The number of carbonyl (C=O) groups is 2. The number of likely N-dealkylation sites (N-methyl/N-ethyl adjacent to an activating group) is 1. The average Bonchev–Trinajstić information content (AvgIpc) is 3.38. The summed E-state index contributed by atoms with van der Waals surface area (Å²) in [5.74, 6) is -0.137. The molecular weight excluding hydrogens is 486 g/mol. The average molecular weight is 526 g/mol. The van der Waals surface area contributed by atoms with Crippen LogP contribution in [0.1, 0.15) is 62.4 Å². The molecule has 0 bridgehead atoms. The van der Waals surface area contributed by atoms with E-state index in [-0.39, 0.29) is 23.3 Å². The van der Waals surface area contributed by atoms with Gasteiger partial charge in [0.25, 0.3) is 0 Å². The molecule has 204 valence electrons. The van der Waals surface area contributed by atoms with E-state index in [1.165, 1.54) is 0 Å². The highest BCUT2D eigenvalue weighted by Gasteiger charge is 2.64. The number of rotatable bonds is 6.